The van der Waals surface area contributed by atoms with Gasteiger partial charge in [-0.1, -0.05) is 33.1 Å². The van der Waals surface area contributed by atoms with Crippen molar-refractivity contribution in [2.24, 2.45) is 11.3 Å². The van der Waals surface area contributed by atoms with Gasteiger partial charge in [0.25, 0.3) is 0 Å². The number of nitrogens with one attached hydrogen (secondary N) is 1. The summed E-state index contributed by atoms with van der Waals surface area (Å²) in [4.78, 5) is 2.66. The van der Waals surface area contributed by atoms with Gasteiger partial charge in [-0.15, -0.1) is 0 Å². The SMILES string of the molecule is CC(C)NCC1(CN(C)C(C)C2CC2)CCCCC1. The van der Waals surface area contributed by atoms with Gasteiger partial charge in [-0.25, -0.2) is 0 Å². The maximum atomic E-state index is 3.72. The molecular weight excluding hydrogens is 232 g/mol. The number of nitrogens with zero attached hydrogens (tertiary/aromatic N) is 1. The van der Waals surface area contributed by atoms with Gasteiger partial charge in [0.05, 0.1) is 0 Å². The van der Waals surface area contributed by atoms with E-state index in [9.17, 15) is 0 Å². The standard InChI is InChI=1S/C17H34N2/c1-14(2)18-12-17(10-6-5-7-11-17)13-19(4)15(3)16-8-9-16/h14-16,18H,5-13H2,1-4H3. The van der Waals surface area contributed by atoms with E-state index in [0.29, 0.717) is 11.5 Å². The van der Waals surface area contributed by atoms with Crippen LogP contribution in [0.1, 0.15) is 65.7 Å². The molecule has 1 unspecified atom stereocenters. The van der Waals surface area contributed by atoms with Crippen molar-refractivity contribution < 1.29 is 0 Å². The molecule has 1 atom stereocenters. The highest BCUT2D eigenvalue weighted by Gasteiger charge is 2.37. The normalized spacial score (nSPS) is 24.9. The molecule has 0 heterocycles. The Morgan fingerprint density at radius 2 is 1.74 bits per heavy atom. The Hall–Kier alpha value is -0.0800. The van der Waals surface area contributed by atoms with Crippen LogP contribution in [0.5, 0.6) is 0 Å². The molecule has 2 rings (SSSR count). The fourth-order valence-electron chi connectivity index (χ4n) is 3.72. The van der Waals surface area contributed by atoms with Crippen LogP contribution in [0.25, 0.3) is 0 Å². The molecule has 1 N–H and O–H groups in total. The minimum Gasteiger partial charge on any atom is -0.314 e. The van der Waals surface area contributed by atoms with E-state index in [1.807, 2.05) is 0 Å². The van der Waals surface area contributed by atoms with E-state index in [2.05, 4.69) is 38.0 Å². The fraction of sp³-hybridized carbons (Fsp3) is 1.00. The first-order valence-corrected chi connectivity index (χ1v) is 8.46. The third-order valence-electron chi connectivity index (χ3n) is 5.38. The molecular formula is C17H34N2. The molecule has 112 valence electrons. The van der Waals surface area contributed by atoms with Gasteiger partial charge >= 0.3 is 0 Å². The van der Waals surface area contributed by atoms with Crippen molar-refractivity contribution in [2.45, 2.75) is 77.8 Å². The molecule has 0 amide bonds. The quantitative estimate of drug-likeness (QED) is 0.756. The van der Waals surface area contributed by atoms with Gasteiger partial charge in [-0.3, -0.25) is 0 Å². The zero-order chi connectivity index (χ0) is 13.9. The number of rotatable bonds is 7. The molecule has 19 heavy (non-hydrogen) atoms. The molecule has 0 radical (unpaired) electrons. The highest BCUT2D eigenvalue weighted by atomic mass is 15.1. The predicted molar refractivity (Wildman–Crippen MR) is 83.5 cm³/mol. The van der Waals surface area contributed by atoms with Gasteiger partial charge in [0.15, 0.2) is 0 Å². The summed E-state index contributed by atoms with van der Waals surface area (Å²) in [6.45, 7) is 9.49. The Morgan fingerprint density at radius 3 is 2.26 bits per heavy atom. The summed E-state index contributed by atoms with van der Waals surface area (Å²) >= 11 is 0. The Kier molecular flexibility index (Phi) is 5.30. The third-order valence-corrected chi connectivity index (χ3v) is 5.38. The summed E-state index contributed by atoms with van der Waals surface area (Å²) in [5.41, 5.74) is 0.542. The minimum atomic E-state index is 0.542. The molecule has 0 spiro atoms. The molecule has 0 saturated heterocycles. The van der Waals surface area contributed by atoms with Crippen molar-refractivity contribution in [1.29, 1.82) is 0 Å². The van der Waals surface area contributed by atoms with Gasteiger partial charge in [0, 0.05) is 25.2 Å². The second-order valence-corrected chi connectivity index (χ2v) is 7.59. The average molecular weight is 266 g/mol. The molecule has 2 nitrogen and oxygen atoms in total. The highest BCUT2D eigenvalue weighted by Crippen LogP contribution is 2.39. The maximum Gasteiger partial charge on any atom is 0.00923 e. The molecule has 2 heteroatoms. The van der Waals surface area contributed by atoms with E-state index < -0.39 is 0 Å². The smallest absolute Gasteiger partial charge is 0.00923 e. The second kappa shape index (κ2) is 6.58. The largest absolute Gasteiger partial charge is 0.314 e. The Morgan fingerprint density at radius 1 is 1.11 bits per heavy atom. The molecule has 2 aliphatic rings. The number of hydrogen-bond donors (Lipinski definition) is 1. The Bertz CT molecular complexity index is 264. The highest BCUT2D eigenvalue weighted by molar-refractivity contribution is 4.91. The van der Waals surface area contributed by atoms with Crippen LogP contribution in [0.4, 0.5) is 0 Å². The van der Waals surface area contributed by atoms with Gasteiger partial charge in [0.1, 0.15) is 0 Å². The first-order valence-electron chi connectivity index (χ1n) is 8.46. The van der Waals surface area contributed by atoms with Crippen molar-refractivity contribution in [2.75, 3.05) is 20.1 Å². The monoisotopic (exact) mass is 266 g/mol. The molecule has 0 aromatic rings. The van der Waals surface area contributed by atoms with Crippen molar-refractivity contribution in [3.05, 3.63) is 0 Å². The van der Waals surface area contributed by atoms with Crippen molar-refractivity contribution in [1.82, 2.24) is 10.2 Å². The van der Waals surface area contributed by atoms with E-state index in [4.69, 9.17) is 0 Å². The molecule has 0 aromatic heterocycles. The van der Waals surface area contributed by atoms with E-state index in [1.165, 1.54) is 58.0 Å². The average Bonchev–Trinajstić information content (AvgIpc) is 3.21. The molecule has 0 aliphatic heterocycles. The number of hydrogen-bond acceptors (Lipinski definition) is 2. The topological polar surface area (TPSA) is 15.3 Å². The summed E-state index contributed by atoms with van der Waals surface area (Å²) in [5.74, 6) is 0.990. The van der Waals surface area contributed by atoms with E-state index in [0.717, 1.165) is 12.0 Å². The third kappa shape index (κ3) is 4.46. The second-order valence-electron chi connectivity index (χ2n) is 7.59. The fourth-order valence-corrected chi connectivity index (χ4v) is 3.72. The molecule has 2 aliphatic carbocycles. The van der Waals surface area contributed by atoms with Crippen molar-refractivity contribution in [3.8, 4) is 0 Å². The van der Waals surface area contributed by atoms with Crippen LogP contribution >= 0.6 is 0 Å². The lowest BCUT2D eigenvalue weighted by Crippen LogP contribution is -2.48. The Balaban J connectivity index is 1.91. The predicted octanol–water partition coefficient (Wildman–Crippen LogP) is 3.67. The zero-order valence-electron chi connectivity index (χ0n) is 13.5. The summed E-state index contributed by atoms with van der Waals surface area (Å²) in [6.07, 6.45) is 10.1. The van der Waals surface area contributed by atoms with Gasteiger partial charge in [0.2, 0.25) is 0 Å². The first kappa shape index (κ1) is 15.3. The maximum absolute atomic E-state index is 3.72. The van der Waals surface area contributed by atoms with Crippen molar-refractivity contribution in [3.63, 3.8) is 0 Å². The summed E-state index contributed by atoms with van der Waals surface area (Å²) in [5, 5.41) is 3.72. The molecule has 0 bridgehead atoms. The van der Waals surface area contributed by atoms with Crippen LogP contribution in [0.2, 0.25) is 0 Å². The van der Waals surface area contributed by atoms with Crippen LogP contribution in [0.15, 0.2) is 0 Å². The van der Waals surface area contributed by atoms with Crippen molar-refractivity contribution >= 4 is 0 Å². The van der Waals surface area contributed by atoms with Crippen LogP contribution in [-0.4, -0.2) is 37.1 Å². The summed E-state index contributed by atoms with van der Waals surface area (Å²) in [7, 11) is 2.36. The van der Waals surface area contributed by atoms with Gasteiger partial charge in [-0.05, 0) is 51.0 Å². The van der Waals surface area contributed by atoms with Crippen LogP contribution in [0.3, 0.4) is 0 Å². The zero-order valence-corrected chi connectivity index (χ0v) is 13.5. The first-order chi connectivity index (χ1) is 9.02. The van der Waals surface area contributed by atoms with E-state index in [-0.39, 0.29) is 0 Å². The van der Waals surface area contributed by atoms with Crippen LogP contribution in [0, 0.1) is 11.3 Å². The summed E-state index contributed by atoms with van der Waals surface area (Å²) in [6, 6.07) is 1.41. The van der Waals surface area contributed by atoms with Crippen LogP contribution in [-0.2, 0) is 0 Å². The molecule has 2 fully saturated rings. The van der Waals surface area contributed by atoms with Gasteiger partial charge in [-0.2, -0.15) is 0 Å². The van der Waals surface area contributed by atoms with E-state index in [1.54, 1.807) is 0 Å². The van der Waals surface area contributed by atoms with Gasteiger partial charge < -0.3 is 10.2 Å². The minimum absolute atomic E-state index is 0.542. The lowest BCUT2D eigenvalue weighted by molar-refractivity contribution is 0.0891. The Labute approximate surface area is 120 Å². The van der Waals surface area contributed by atoms with Crippen LogP contribution < -0.4 is 5.32 Å². The van der Waals surface area contributed by atoms with E-state index >= 15 is 0 Å². The molecule has 0 aromatic carbocycles. The lowest BCUT2D eigenvalue weighted by Gasteiger charge is -2.42. The molecule has 2 saturated carbocycles. The summed E-state index contributed by atoms with van der Waals surface area (Å²) < 4.78 is 0. The lowest BCUT2D eigenvalue weighted by atomic mass is 9.73.